The van der Waals surface area contributed by atoms with Crippen molar-refractivity contribution < 1.29 is 9.59 Å². The largest absolute Gasteiger partial charge is 0.352 e. The number of nitrogens with one attached hydrogen (secondary N) is 2. The third kappa shape index (κ3) is 5.20. The molecule has 28 heavy (non-hydrogen) atoms. The van der Waals surface area contributed by atoms with Crippen molar-refractivity contribution in [3.63, 3.8) is 0 Å². The summed E-state index contributed by atoms with van der Waals surface area (Å²) in [5.41, 5.74) is 3.01. The maximum atomic E-state index is 12.6. The zero-order chi connectivity index (χ0) is 19.9. The summed E-state index contributed by atoms with van der Waals surface area (Å²) in [7, 11) is 0. The Hall–Kier alpha value is -2.66. The number of anilines is 1. The first-order valence-corrected chi connectivity index (χ1v) is 9.97. The molecule has 5 nitrogen and oxygen atoms in total. The molecule has 1 atom stereocenters. The van der Waals surface area contributed by atoms with Crippen molar-refractivity contribution in [2.75, 3.05) is 18.4 Å². The van der Waals surface area contributed by atoms with Crippen molar-refractivity contribution in [3.05, 3.63) is 65.7 Å². The van der Waals surface area contributed by atoms with Crippen LogP contribution in [0.4, 0.5) is 5.69 Å². The third-order valence-corrected chi connectivity index (χ3v) is 5.54. The number of piperidine rings is 1. The molecule has 1 fully saturated rings. The molecule has 2 amide bonds. The second kappa shape index (κ2) is 9.51. The number of aryl methyl sites for hydroxylation is 1. The van der Waals surface area contributed by atoms with Gasteiger partial charge in [0.2, 0.25) is 11.8 Å². The number of amides is 2. The highest BCUT2D eigenvalue weighted by Crippen LogP contribution is 2.21. The van der Waals surface area contributed by atoms with Crippen LogP contribution in [-0.4, -0.2) is 35.8 Å². The van der Waals surface area contributed by atoms with Gasteiger partial charge in [0.1, 0.15) is 0 Å². The maximum absolute atomic E-state index is 12.6. The van der Waals surface area contributed by atoms with Crippen LogP contribution in [0, 0.1) is 12.8 Å². The minimum absolute atomic E-state index is 0.00118. The van der Waals surface area contributed by atoms with Crippen LogP contribution in [0.25, 0.3) is 0 Å². The minimum atomic E-state index is -0.215. The number of benzene rings is 2. The first kappa shape index (κ1) is 20.1. The number of carbonyl (C=O) groups is 2. The monoisotopic (exact) mass is 379 g/mol. The molecule has 0 aromatic heterocycles. The van der Waals surface area contributed by atoms with E-state index < -0.39 is 0 Å². The van der Waals surface area contributed by atoms with Crippen molar-refractivity contribution in [1.29, 1.82) is 0 Å². The highest BCUT2D eigenvalue weighted by Gasteiger charge is 2.29. The lowest BCUT2D eigenvalue weighted by Crippen LogP contribution is -2.48. The summed E-state index contributed by atoms with van der Waals surface area (Å²) in [4.78, 5) is 27.2. The summed E-state index contributed by atoms with van der Waals surface area (Å²) in [6.07, 6.45) is 1.56. The molecule has 2 aromatic carbocycles. The van der Waals surface area contributed by atoms with Crippen molar-refractivity contribution in [3.8, 4) is 0 Å². The molecule has 0 radical (unpaired) electrons. The Morgan fingerprint density at radius 3 is 2.36 bits per heavy atom. The van der Waals surface area contributed by atoms with Gasteiger partial charge in [-0.3, -0.25) is 14.5 Å². The Labute approximate surface area is 167 Å². The van der Waals surface area contributed by atoms with Crippen molar-refractivity contribution >= 4 is 17.5 Å². The van der Waals surface area contributed by atoms with Gasteiger partial charge in [-0.25, -0.2) is 0 Å². The summed E-state index contributed by atoms with van der Waals surface area (Å²) in [5.74, 6) is 0.133. The van der Waals surface area contributed by atoms with Gasteiger partial charge in [0.15, 0.2) is 0 Å². The second-order valence-corrected chi connectivity index (χ2v) is 7.49. The molecule has 2 N–H and O–H groups in total. The van der Waals surface area contributed by atoms with E-state index in [4.69, 9.17) is 0 Å². The lowest BCUT2D eigenvalue weighted by Gasteiger charge is -2.34. The van der Waals surface area contributed by atoms with Crippen LogP contribution in [-0.2, 0) is 16.1 Å². The number of nitrogens with zero attached hydrogens (tertiary/aromatic N) is 1. The van der Waals surface area contributed by atoms with Gasteiger partial charge >= 0.3 is 0 Å². The van der Waals surface area contributed by atoms with E-state index in [0.29, 0.717) is 6.54 Å². The molecule has 0 spiro atoms. The molecule has 5 heteroatoms. The van der Waals surface area contributed by atoms with E-state index in [2.05, 4.69) is 15.5 Å². The molecule has 1 aliphatic rings. The summed E-state index contributed by atoms with van der Waals surface area (Å²) < 4.78 is 0. The summed E-state index contributed by atoms with van der Waals surface area (Å²) in [6.45, 7) is 6.00. The Kier molecular flexibility index (Phi) is 6.82. The number of hydrogen-bond acceptors (Lipinski definition) is 3. The average Bonchev–Trinajstić information content (AvgIpc) is 2.74. The zero-order valence-corrected chi connectivity index (χ0v) is 16.7. The summed E-state index contributed by atoms with van der Waals surface area (Å²) in [5, 5.41) is 6.06. The molecule has 0 saturated carbocycles. The van der Waals surface area contributed by atoms with Gasteiger partial charge in [-0.05, 0) is 57.0 Å². The zero-order valence-electron chi connectivity index (χ0n) is 16.7. The number of hydrogen-bond donors (Lipinski definition) is 2. The molecule has 0 bridgehead atoms. The molecular formula is C23H29N3O2. The van der Waals surface area contributed by atoms with Crippen LogP contribution < -0.4 is 10.6 Å². The SMILES string of the molecule is Cc1ccccc1NC(=O)[C@H](C)N1CCC(C(=O)NCc2ccccc2)CC1. The predicted molar refractivity (Wildman–Crippen MR) is 112 cm³/mol. The number of rotatable bonds is 6. The number of likely N-dealkylation sites (tertiary alicyclic amines) is 1. The minimum Gasteiger partial charge on any atom is -0.352 e. The Bertz CT molecular complexity index is 799. The molecule has 0 aliphatic carbocycles. The van der Waals surface area contributed by atoms with Crippen LogP contribution >= 0.6 is 0 Å². The fourth-order valence-corrected chi connectivity index (χ4v) is 3.59. The number of para-hydroxylation sites is 1. The van der Waals surface area contributed by atoms with E-state index in [-0.39, 0.29) is 23.8 Å². The topological polar surface area (TPSA) is 61.4 Å². The maximum Gasteiger partial charge on any atom is 0.241 e. The molecule has 148 valence electrons. The van der Waals surface area contributed by atoms with Gasteiger partial charge in [0.25, 0.3) is 0 Å². The second-order valence-electron chi connectivity index (χ2n) is 7.49. The van der Waals surface area contributed by atoms with E-state index >= 15 is 0 Å². The van der Waals surface area contributed by atoms with E-state index in [9.17, 15) is 9.59 Å². The molecular weight excluding hydrogens is 350 g/mol. The van der Waals surface area contributed by atoms with Gasteiger partial charge in [-0.2, -0.15) is 0 Å². The standard InChI is InChI=1S/C23H29N3O2/c1-17-8-6-7-11-21(17)25-22(27)18(2)26-14-12-20(13-15-26)23(28)24-16-19-9-4-3-5-10-19/h3-11,18,20H,12-16H2,1-2H3,(H,24,28)(H,25,27)/t18-/m0/s1. The van der Waals surface area contributed by atoms with E-state index in [1.165, 1.54) is 0 Å². The first-order valence-electron chi connectivity index (χ1n) is 9.97. The normalized spacial score (nSPS) is 16.4. The predicted octanol–water partition coefficient (Wildman–Crippen LogP) is 3.35. The van der Waals surface area contributed by atoms with Crippen molar-refractivity contribution in [2.24, 2.45) is 5.92 Å². The van der Waals surface area contributed by atoms with Crippen LogP contribution in [0.5, 0.6) is 0 Å². The quantitative estimate of drug-likeness (QED) is 0.809. The van der Waals surface area contributed by atoms with Gasteiger partial charge in [0.05, 0.1) is 6.04 Å². The highest BCUT2D eigenvalue weighted by atomic mass is 16.2. The molecule has 2 aromatic rings. The van der Waals surface area contributed by atoms with Crippen LogP contribution in [0.15, 0.2) is 54.6 Å². The van der Waals surface area contributed by atoms with E-state index in [0.717, 1.165) is 42.7 Å². The molecule has 1 saturated heterocycles. The lowest BCUT2D eigenvalue weighted by atomic mass is 9.94. The van der Waals surface area contributed by atoms with E-state index in [1.54, 1.807) is 0 Å². The molecule has 1 heterocycles. The molecule has 0 unspecified atom stereocenters. The Morgan fingerprint density at radius 1 is 1.04 bits per heavy atom. The first-order chi connectivity index (χ1) is 13.5. The third-order valence-electron chi connectivity index (χ3n) is 5.54. The van der Waals surface area contributed by atoms with Crippen LogP contribution in [0.1, 0.15) is 30.9 Å². The van der Waals surface area contributed by atoms with Crippen molar-refractivity contribution in [1.82, 2.24) is 10.2 Å². The van der Waals surface area contributed by atoms with Gasteiger partial charge < -0.3 is 10.6 Å². The molecule has 1 aliphatic heterocycles. The van der Waals surface area contributed by atoms with Crippen LogP contribution in [0.3, 0.4) is 0 Å². The highest BCUT2D eigenvalue weighted by molar-refractivity contribution is 5.95. The fourth-order valence-electron chi connectivity index (χ4n) is 3.59. The van der Waals surface area contributed by atoms with Crippen molar-refractivity contribution in [2.45, 2.75) is 39.3 Å². The summed E-state index contributed by atoms with van der Waals surface area (Å²) in [6, 6.07) is 17.5. The lowest BCUT2D eigenvalue weighted by molar-refractivity contribution is -0.127. The Balaban J connectivity index is 1.45. The van der Waals surface area contributed by atoms with Crippen LogP contribution in [0.2, 0.25) is 0 Å². The number of carbonyl (C=O) groups excluding carboxylic acids is 2. The summed E-state index contributed by atoms with van der Waals surface area (Å²) >= 11 is 0. The van der Waals surface area contributed by atoms with Gasteiger partial charge in [-0.15, -0.1) is 0 Å². The van der Waals surface area contributed by atoms with Gasteiger partial charge in [0, 0.05) is 18.2 Å². The smallest absolute Gasteiger partial charge is 0.241 e. The molecule has 3 rings (SSSR count). The fraction of sp³-hybridized carbons (Fsp3) is 0.391. The Morgan fingerprint density at radius 2 is 1.68 bits per heavy atom. The average molecular weight is 380 g/mol. The van der Waals surface area contributed by atoms with Gasteiger partial charge in [-0.1, -0.05) is 48.5 Å². The van der Waals surface area contributed by atoms with E-state index in [1.807, 2.05) is 68.4 Å².